The summed E-state index contributed by atoms with van der Waals surface area (Å²) >= 11 is 0. The van der Waals surface area contributed by atoms with Gasteiger partial charge in [0.05, 0.1) is 7.11 Å². The molecule has 0 spiro atoms. The van der Waals surface area contributed by atoms with Gasteiger partial charge in [0.1, 0.15) is 5.75 Å². The van der Waals surface area contributed by atoms with Gasteiger partial charge in [-0.05, 0) is 80.0 Å². The molecular weight excluding hydrogens is 270 g/mol. The summed E-state index contributed by atoms with van der Waals surface area (Å²) in [5.41, 5.74) is 5.70. The van der Waals surface area contributed by atoms with E-state index in [9.17, 15) is 0 Å². The fraction of sp³-hybridized carbons (Fsp3) is 0.400. The molecule has 2 aromatic rings. The third kappa shape index (κ3) is 3.62. The molecule has 2 nitrogen and oxygen atoms in total. The van der Waals surface area contributed by atoms with Gasteiger partial charge in [-0.3, -0.25) is 0 Å². The average molecular weight is 295 g/mol. The Kier molecular flexibility index (Phi) is 4.67. The van der Waals surface area contributed by atoms with Crippen LogP contribution in [0.3, 0.4) is 0 Å². The van der Waals surface area contributed by atoms with E-state index in [1.165, 1.54) is 41.6 Å². The molecule has 0 saturated heterocycles. The van der Waals surface area contributed by atoms with E-state index in [1.807, 2.05) is 12.1 Å². The number of anilines is 1. The zero-order chi connectivity index (χ0) is 15.4. The molecule has 1 aliphatic rings. The lowest BCUT2D eigenvalue weighted by Gasteiger charge is -2.16. The topological polar surface area (TPSA) is 21.3 Å². The molecule has 0 aliphatic heterocycles. The summed E-state index contributed by atoms with van der Waals surface area (Å²) in [6.45, 7) is 2.26. The minimum atomic E-state index is 0.474. The Morgan fingerprint density at radius 3 is 2.59 bits per heavy atom. The molecule has 0 aromatic heterocycles. The van der Waals surface area contributed by atoms with Gasteiger partial charge < -0.3 is 10.1 Å². The van der Waals surface area contributed by atoms with Gasteiger partial charge in [-0.2, -0.15) is 0 Å². The predicted molar refractivity (Wildman–Crippen MR) is 92.9 cm³/mol. The Balaban J connectivity index is 1.52. The van der Waals surface area contributed by atoms with Crippen LogP contribution in [0.15, 0.2) is 42.5 Å². The van der Waals surface area contributed by atoms with Crippen LogP contribution in [0.1, 0.15) is 36.5 Å². The van der Waals surface area contributed by atoms with Gasteiger partial charge in [0.15, 0.2) is 0 Å². The number of hydrogen-bond acceptors (Lipinski definition) is 2. The molecule has 1 aliphatic carbocycles. The molecular formula is C20H25NO. The first kappa shape index (κ1) is 15.0. The van der Waals surface area contributed by atoms with E-state index in [4.69, 9.17) is 4.74 Å². The number of fused-ring (bicyclic) bond motifs is 1. The molecule has 1 atom stereocenters. The molecule has 0 radical (unpaired) electrons. The summed E-state index contributed by atoms with van der Waals surface area (Å²) in [6, 6.07) is 15.7. The van der Waals surface area contributed by atoms with E-state index >= 15 is 0 Å². The van der Waals surface area contributed by atoms with Crippen molar-refractivity contribution >= 4 is 5.69 Å². The minimum absolute atomic E-state index is 0.474. The average Bonchev–Trinajstić information content (AvgIpc) is 3.01. The maximum absolute atomic E-state index is 5.20. The van der Waals surface area contributed by atoms with E-state index in [-0.39, 0.29) is 0 Å². The number of rotatable bonds is 6. The van der Waals surface area contributed by atoms with Gasteiger partial charge in [0.25, 0.3) is 0 Å². The summed E-state index contributed by atoms with van der Waals surface area (Å²) in [7, 11) is 1.71. The number of nitrogens with one attached hydrogen (secondary N) is 1. The van der Waals surface area contributed by atoms with Crippen LogP contribution in [0.5, 0.6) is 5.75 Å². The van der Waals surface area contributed by atoms with Crippen molar-refractivity contribution < 1.29 is 4.74 Å². The Morgan fingerprint density at radius 1 is 1.05 bits per heavy atom. The summed E-state index contributed by atoms with van der Waals surface area (Å²) in [4.78, 5) is 0. The zero-order valence-corrected chi connectivity index (χ0v) is 13.6. The first-order valence-corrected chi connectivity index (χ1v) is 8.26. The lowest BCUT2D eigenvalue weighted by molar-refractivity contribution is 0.414. The van der Waals surface area contributed by atoms with Gasteiger partial charge in [-0.15, -0.1) is 0 Å². The predicted octanol–water partition coefficient (Wildman–Crippen LogP) is 4.62. The number of aryl methyl sites for hydroxylation is 3. The largest absolute Gasteiger partial charge is 0.497 e. The quantitative estimate of drug-likeness (QED) is 0.840. The van der Waals surface area contributed by atoms with Gasteiger partial charge in [-0.25, -0.2) is 0 Å². The molecule has 0 amide bonds. The summed E-state index contributed by atoms with van der Waals surface area (Å²) in [6.07, 6.45) is 6.02. The molecule has 3 rings (SSSR count). The number of ether oxygens (including phenoxy) is 1. The molecule has 0 heterocycles. The molecule has 2 heteroatoms. The van der Waals surface area contributed by atoms with Crippen molar-refractivity contribution in [1.29, 1.82) is 0 Å². The van der Waals surface area contributed by atoms with Crippen molar-refractivity contribution in [2.75, 3.05) is 12.4 Å². The SMILES string of the molecule is COc1ccc(CC[C@@H](C)Nc2ccc3c(c2)CCC3)cc1. The van der Waals surface area contributed by atoms with Crippen LogP contribution < -0.4 is 10.1 Å². The Morgan fingerprint density at radius 2 is 1.82 bits per heavy atom. The van der Waals surface area contributed by atoms with Crippen LogP contribution in [-0.4, -0.2) is 13.2 Å². The van der Waals surface area contributed by atoms with Gasteiger partial charge in [0, 0.05) is 11.7 Å². The highest BCUT2D eigenvalue weighted by Gasteiger charge is 2.11. The maximum atomic E-state index is 5.20. The third-order valence-electron chi connectivity index (χ3n) is 4.54. The van der Waals surface area contributed by atoms with Crippen molar-refractivity contribution in [3.63, 3.8) is 0 Å². The van der Waals surface area contributed by atoms with Crippen LogP contribution in [0.4, 0.5) is 5.69 Å². The fourth-order valence-electron chi connectivity index (χ4n) is 3.19. The highest BCUT2D eigenvalue weighted by atomic mass is 16.5. The monoisotopic (exact) mass is 295 g/mol. The smallest absolute Gasteiger partial charge is 0.118 e. The van der Waals surface area contributed by atoms with E-state index in [0.29, 0.717) is 6.04 Å². The normalized spacial score (nSPS) is 14.5. The number of methoxy groups -OCH3 is 1. The van der Waals surface area contributed by atoms with E-state index in [2.05, 4.69) is 42.6 Å². The highest BCUT2D eigenvalue weighted by molar-refractivity contribution is 5.50. The number of hydrogen-bond donors (Lipinski definition) is 1. The Hall–Kier alpha value is -1.96. The summed E-state index contributed by atoms with van der Waals surface area (Å²) in [5.74, 6) is 0.924. The molecule has 0 bridgehead atoms. The Bertz CT molecular complexity index is 618. The highest BCUT2D eigenvalue weighted by Crippen LogP contribution is 2.25. The maximum Gasteiger partial charge on any atom is 0.118 e. The number of benzene rings is 2. The fourth-order valence-corrected chi connectivity index (χ4v) is 3.19. The van der Waals surface area contributed by atoms with E-state index < -0.39 is 0 Å². The second-order valence-corrected chi connectivity index (χ2v) is 6.27. The first-order chi connectivity index (χ1) is 10.7. The van der Waals surface area contributed by atoms with Gasteiger partial charge >= 0.3 is 0 Å². The lowest BCUT2D eigenvalue weighted by Crippen LogP contribution is -2.16. The van der Waals surface area contributed by atoms with Gasteiger partial charge in [0.2, 0.25) is 0 Å². The second-order valence-electron chi connectivity index (χ2n) is 6.27. The second kappa shape index (κ2) is 6.87. The zero-order valence-electron chi connectivity index (χ0n) is 13.6. The van der Waals surface area contributed by atoms with Crippen molar-refractivity contribution in [2.24, 2.45) is 0 Å². The molecule has 0 saturated carbocycles. The van der Waals surface area contributed by atoms with Crippen LogP contribution in [0.25, 0.3) is 0 Å². The van der Waals surface area contributed by atoms with Crippen LogP contribution in [0.2, 0.25) is 0 Å². The standard InChI is InChI=1S/C20H25NO/c1-15(6-7-16-8-12-20(22-2)13-9-16)21-19-11-10-17-4-3-5-18(17)14-19/h8-15,21H,3-7H2,1-2H3/t15-/m1/s1. The molecule has 0 fully saturated rings. The van der Waals surface area contributed by atoms with Gasteiger partial charge in [-0.1, -0.05) is 18.2 Å². The Labute approximate surface area is 133 Å². The van der Waals surface area contributed by atoms with Crippen molar-refractivity contribution in [3.05, 3.63) is 59.2 Å². The van der Waals surface area contributed by atoms with Crippen LogP contribution >= 0.6 is 0 Å². The molecule has 0 unspecified atom stereocenters. The van der Waals surface area contributed by atoms with Crippen molar-refractivity contribution in [2.45, 2.75) is 45.1 Å². The van der Waals surface area contributed by atoms with Crippen molar-refractivity contribution in [1.82, 2.24) is 0 Å². The minimum Gasteiger partial charge on any atom is -0.497 e. The van der Waals surface area contributed by atoms with E-state index in [1.54, 1.807) is 7.11 Å². The third-order valence-corrected chi connectivity index (χ3v) is 4.54. The van der Waals surface area contributed by atoms with Crippen LogP contribution in [-0.2, 0) is 19.3 Å². The molecule has 116 valence electrons. The van der Waals surface area contributed by atoms with E-state index in [0.717, 1.165) is 18.6 Å². The van der Waals surface area contributed by atoms with Crippen molar-refractivity contribution in [3.8, 4) is 5.75 Å². The summed E-state index contributed by atoms with van der Waals surface area (Å²) < 4.78 is 5.20. The lowest BCUT2D eigenvalue weighted by atomic mass is 10.0. The van der Waals surface area contributed by atoms with Crippen LogP contribution in [0, 0.1) is 0 Å². The molecule has 2 aromatic carbocycles. The summed E-state index contributed by atoms with van der Waals surface area (Å²) in [5, 5.41) is 3.64. The first-order valence-electron chi connectivity index (χ1n) is 8.26. The molecule has 1 N–H and O–H groups in total. The molecule has 22 heavy (non-hydrogen) atoms.